The highest BCUT2D eigenvalue weighted by Crippen LogP contribution is 2.24. The van der Waals surface area contributed by atoms with Gasteiger partial charge in [-0.15, -0.1) is 0 Å². The normalized spacial score (nSPS) is 10.8. The minimum atomic E-state index is -2.72. The topological polar surface area (TPSA) is 59.0 Å². The fraction of sp³-hybridized carbons (Fsp3) is 0.111. The van der Waals surface area contributed by atoms with Gasteiger partial charge in [0.05, 0.1) is 11.3 Å². The Morgan fingerprint density at radius 2 is 1.81 bits per heavy atom. The van der Waals surface area contributed by atoms with E-state index < -0.39 is 18.0 Å². The van der Waals surface area contributed by atoms with E-state index in [1.165, 1.54) is 23.9 Å². The molecule has 2 aromatic carbocycles. The maximum absolute atomic E-state index is 13.0. The van der Waals surface area contributed by atoms with Crippen LogP contribution in [0.15, 0.2) is 54.6 Å². The molecule has 3 rings (SSSR count). The first-order valence-corrected chi connectivity index (χ1v) is 7.69. The number of carbonyl (C=O) groups is 1. The van der Waals surface area contributed by atoms with Crippen LogP contribution in [0.25, 0.3) is 0 Å². The Hall–Kier alpha value is -3.29. The summed E-state index contributed by atoms with van der Waals surface area (Å²) in [5.41, 5.74) is 0.983. The molecular weight excluding hydrogens is 345 g/mol. The Balaban J connectivity index is 1.82. The van der Waals surface area contributed by atoms with Crippen LogP contribution in [0.3, 0.4) is 0 Å². The van der Waals surface area contributed by atoms with Gasteiger partial charge in [0, 0.05) is 18.8 Å². The minimum absolute atomic E-state index is 0.155. The van der Waals surface area contributed by atoms with Crippen LogP contribution < -0.4 is 10.6 Å². The lowest BCUT2D eigenvalue weighted by Gasteiger charge is -2.12. The molecule has 0 saturated carbocycles. The Labute approximate surface area is 147 Å². The quantitative estimate of drug-likeness (QED) is 0.705. The van der Waals surface area contributed by atoms with Gasteiger partial charge >= 0.3 is 0 Å². The summed E-state index contributed by atoms with van der Waals surface area (Å²) in [6.45, 7) is 0. The van der Waals surface area contributed by atoms with Gasteiger partial charge in [0.15, 0.2) is 0 Å². The molecule has 1 heterocycles. The number of anilines is 3. The van der Waals surface area contributed by atoms with Gasteiger partial charge in [0.1, 0.15) is 17.3 Å². The van der Waals surface area contributed by atoms with Gasteiger partial charge in [-0.2, -0.15) is 5.10 Å². The maximum atomic E-state index is 13.0. The van der Waals surface area contributed by atoms with Gasteiger partial charge in [-0.1, -0.05) is 12.1 Å². The summed E-state index contributed by atoms with van der Waals surface area (Å²) in [4.78, 5) is 12.6. The average Bonchev–Trinajstić information content (AvgIpc) is 2.98. The molecule has 0 fully saturated rings. The van der Waals surface area contributed by atoms with E-state index >= 15 is 0 Å². The lowest BCUT2D eigenvalue weighted by atomic mass is 10.1. The van der Waals surface area contributed by atoms with Gasteiger partial charge in [-0.25, -0.2) is 13.2 Å². The number of aryl methyl sites for hydroxylation is 1. The third-order valence-corrected chi connectivity index (χ3v) is 3.66. The number of benzene rings is 2. The number of halogens is 3. The zero-order valence-electron chi connectivity index (χ0n) is 13.7. The molecule has 0 aliphatic heterocycles. The lowest BCUT2D eigenvalue weighted by molar-refractivity contribution is 0.102. The van der Waals surface area contributed by atoms with Crippen molar-refractivity contribution in [2.24, 2.45) is 7.05 Å². The number of nitrogens with one attached hydrogen (secondary N) is 2. The third-order valence-electron chi connectivity index (χ3n) is 3.66. The smallest absolute Gasteiger partial charge is 0.282 e. The third kappa shape index (κ3) is 3.85. The molecule has 3 aromatic rings. The zero-order valence-corrected chi connectivity index (χ0v) is 13.7. The standard InChI is InChI=1S/C18H15F3N4O/c1-25-16(10-15(24-25)17(20)21)23-18(26)13-4-2-3-5-14(13)22-12-8-6-11(19)7-9-12/h2-10,17,22H,1H3,(H,23,26). The predicted octanol–water partition coefficient (Wildman–Crippen LogP) is 4.49. The minimum Gasteiger partial charge on any atom is -0.355 e. The molecule has 134 valence electrons. The number of para-hydroxylation sites is 1. The van der Waals surface area contributed by atoms with Crippen LogP contribution in [0, 0.1) is 5.82 Å². The van der Waals surface area contributed by atoms with Crippen LogP contribution in [0.1, 0.15) is 22.5 Å². The molecule has 8 heteroatoms. The van der Waals surface area contributed by atoms with E-state index in [0.717, 1.165) is 6.07 Å². The molecule has 1 amide bonds. The van der Waals surface area contributed by atoms with Crippen molar-refractivity contribution in [2.75, 3.05) is 10.6 Å². The Bertz CT molecular complexity index is 922. The molecule has 0 unspecified atom stereocenters. The first kappa shape index (κ1) is 17.5. The van der Waals surface area contributed by atoms with E-state index in [2.05, 4.69) is 15.7 Å². The van der Waals surface area contributed by atoms with Crippen molar-refractivity contribution in [1.29, 1.82) is 0 Å². The van der Waals surface area contributed by atoms with Crippen LogP contribution in [0.4, 0.5) is 30.4 Å². The van der Waals surface area contributed by atoms with E-state index in [-0.39, 0.29) is 11.6 Å². The second kappa shape index (κ2) is 7.30. The molecular formula is C18H15F3N4O. The molecule has 0 bridgehead atoms. The Morgan fingerprint density at radius 1 is 1.12 bits per heavy atom. The highest BCUT2D eigenvalue weighted by atomic mass is 19.3. The summed E-state index contributed by atoms with van der Waals surface area (Å²) >= 11 is 0. The van der Waals surface area contributed by atoms with E-state index in [1.54, 1.807) is 36.4 Å². The van der Waals surface area contributed by atoms with Crippen molar-refractivity contribution in [2.45, 2.75) is 6.43 Å². The fourth-order valence-corrected chi connectivity index (χ4v) is 2.38. The van der Waals surface area contributed by atoms with Crippen LogP contribution in [-0.4, -0.2) is 15.7 Å². The number of hydrogen-bond acceptors (Lipinski definition) is 3. The second-order valence-electron chi connectivity index (χ2n) is 5.51. The number of aromatic nitrogens is 2. The van der Waals surface area contributed by atoms with Crippen LogP contribution in [-0.2, 0) is 7.05 Å². The number of amides is 1. The first-order chi connectivity index (χ1) is 12.4. The van der Waals surface area contributed by atoms with Gasteiger partial charge in [-0.05, 0) is 36.4 Å². The number of carbonyl (C=O) groups excluding carboxylic acids is 1. The van der Waals surface area contributed by atoms with Crippen LogP contribution in [0.5, 0.6) is 0 Å². The predicted molar refractivity (Wildman–Crippen MR) is 92.2 cm³/mol. The second-order valence-corrected chi connectivity index (χ2v) is 5.51. The lowest BCUT2D eigenvalue weighted by Crippen LogP contribution is -2.16. The van der Waals surface area contributed by atoms with E-state index in [4.69, 9.17) is 0 Å². The maximum Gasteiger partial charge on any atom is 0.282 e. The highest BCUT2D eigenvalue weighted by Gasteiger charge is 2.17. The number of alkyl halides is 2. The summed E-state index contributed by atoms with van der Waals surface area (Å²) in [6, 6.07) is 13.5. The Morgan fingerprint density at radius 3 is 2.46 bits per heavy atom. The molecule has 1 aromatic heterocycles. The zero-order chi connectivity index (χ0) is 18.7. The Kier molecular flexibility index (Phi) is 4.92. The van der Waals surface area contributed by atoms with Gasteiger partial charge in [-0.3, -0.25) is 9.48 Å². The summed E-state index contributed by atoms with van der Waals surface area (Å²) < 4.78 is 39.7. The average molecular weight is 360 g/mol. The van der Waals surface area contributed by atoms with Crippen molar-refractivity contribution in [3.05, 3.63) is 71.7 Å². The molecule has 5 nitrogen and oxygen atoms in total. The van der Waals surface area contributed by atoms with Crippen molar-refractivity contribution in [1.82, 2.24) is 9.78 Å². The van der Waals surface area contributed by atoms with Gasteiger partial charge < -0.3 is 10.6 Å². The number of rotatable bonds is 5. The summed E-state index contributed by atoms with van der Waals surface area (Å²) in [7, 11) is 1.46. The largest absolute Gasteiger partial charge is 0.355 e. The molecule has 0 atom stereocenters. The van der Waals surface area contributed by atoms with Gasteiger partial charge in [0.25, 0.3) is 12.3 Å². The SMILES string of the molecule is Cn1nc(C(F)F)cc1NC(=O)c1ccccc1Nc1ccc(F)cc1. The molecule has 0 spiro atoms. The van der Waals surface area contributed by atoms with E-state index in [1.807, 2.05) is 0 Å². The molecule has 0 saturated heterocycles. The van der Waals surface area contributed by atoms with Crippen molar-refractivity contribution in [3.8, 4) is 0 Å². The molecule has 26 heavy (non-hydrogen) atoms. The van der Waals surface area contributed by atoms with Crippen LogP contribution >= 0.6 is 0 Å². The van der Waals surface area contributed by atoms with Crippen molar-refractivity contribution < 1.29 is 18.0 Å². The van der Waals surface area contributed by atoms with Crippen molar-refractivity contribution in [3.63, 3.8) is 0 Å². The first-order valence-electron chi connectivity index (χ1n) is 7.69. The summed E-state index contributed by atoms with van der Waals surface area (Å²) in [6.07, 6.45) is -2.72. The monoisotopic (exact) mass is 360 g/mol. The molecule has 2 N–H and O–H groups in total. The van der Waals surface area contributed by atoms with Crippen LogP contribution in [0.2, 0.25) is 0 Å². The molecule has 0 aliphatic carbocycles. The summed E-state index contributed by atoms with van der Waals surface area (Å²) in [5.74, 6) is -0.700. The van der Waals surface area contributed by atoms with Gasteiger partial charge in [0.2, 0.25) is 0 Å². The fourth-order valence-electron chi connectivity index (χ4n) is 2.38. The van der Waals surface area contributed by atoms with Crippen molar-refractivity contribution >= 4 is 23.1 Å². The number of hydrogen-bond donors (Lipinski definition) is 2. The van der Waals surface area contributed by atoms with E-state index in [0.29, 0.717) is 16.9 Å². The molecule has 0 aliphatic rings. The molecule has 0 radical (unpaired) electrons. The highest BCUT2D eigenvalue weighted by molar-refractivity contribution is 6.08. The van der Waals surface area contributed by atoms with E-state index in [9.17, 15) is 18.0 Å². The summed E-state index contributed by atoms with van der Waals surface area (Å²) in [5, 5.41) is 9.26. The number of nitrogens with zero attached hydrogens (tertiary/aromatic N) is 2.